The highest BCUT2D eigenvalue weighted by atomic mass is 32.1. The number of aromatic nitrogens is 1. The molecule has 7 nitrogen and oxygen atoms in total. The van der Waals surface area contributed by atoms with Crippen LogP contribution >= 0.6 is 11.3 Å². The smallest absolute Gasteiger partial charge is 0.339 e. The first-order valence-corrected chi connectivity index (χ1v) is 11.7. The molecule has 3 heterocycles. The first-order valence-electron chi connectivity index (χ1n) is 10.8. The number of para-hydroxylation sites is 3. The van der Waals surface area contributed by atoms with E-state index in [1.807, 2.05) is 41.8 Å². The lowest BCUT2D eigenvalue weighted by Gasteiger charge is -2.27. The normalized spacial score (nSPS) is 15.4. The third-order valence-corrected chi connectivity index (χ3v) is 6.56. The first kappa shape index (κ1) is 21.8. The number of anilines is 2. The van der Waals surface area contributed by atoms with Crippen LogP contribution in [0, 0.1) is 0 Å². The van der Waals surface area contributed by atoms with Crippen molar-refractivity contribution in [2.24, 2.45) is 0 Å². The van der Waals surface area contributed by atoms with Gasteiger partial charge in [-0.1, -0.05) is 36.4 Å². The van der Waals surface area contributed by atoms with Crippen molar-refractivity contribution < 1.29 is 19.1 Å². The van der Waals surface area contributed by atoms with Crippen molar-refractivity contribution in [1.82, 2.24) is 4.98 Å². The van der Waals surface area contributed by atoms with Gasteiger partial charge in [0.05, 0.1) is 33.0 Å². The minimum absolute atomic E-state index is 0.146. The summed E-state index contributed by atoms with van der Waals surface area (Å²) in [7, 11) is 0. The molecule has 0 unspecified atom stereocenters. The minimum Gasteiger partial charge on any atom is -0.452 e. The Kier molecular flexibility index (Phi) is 5.81. The van der Waals surface area contributed by atoms with Gasteiger partial charge in [-0.15, -0.1) is 11.3 Å². The molecule has 0 bridgehead atoms. The highest BCUT2D eigenvalue weighted by Crippen LogP contribution is 2.32. The number of hydrogen-bond acceptors (Lipinski definition) is 6. The maximum Gasteiger partial charge on any atom is 0.339 e. The van der Waals surface area contributed by atoms with E-state index in [-0.39, 0.29) is 18.4 Å². The summed E-state index contributed by atoms with van der Waals surface area (Å²) in [4.78, 5) is 45.6. The minimum atomic E-state index is -0.602. The largest absolute Gasteiger partial charge is 0.452 e. The molecule has 2 aromatic carbocycles. The number of carbonyl (C=O) groups is 3. The summed E-state index contributed by atoms with van der Waals surface area (Å²) < 4.78 is 5.49. The molecule has 2 amide bonds. The fraction of sp³-hybridized carbons (Fsp3) is 0.154. The van der Waals surface area contributed by atoms with Gasteiger partial charge in [-0.05, 0) is 42.6 Å². The number of thiophene rings is 1. The van der Waals surface area contributed by atoms with Crippen molar-refractivity contribution in [3.63, 3.8) is 0 Å². The fourth-order valence-corrected chi connectivity index (χ4v) is 4.82. The highest BCUT2D eigenvalue weighted by Gasteiger charge is 2.30. The monoisotopic (exact) mass is 471 g/mol. The zero-order chi connectivity index (χ0) is 23.7. The van der Waals surface area contributed by atoms with Crippen molar-refractivity contribution in [3.05, 3.63) is 77.7 Å². The molecule has 0 saturated heterocycles. The van der Waals surface area contributed by atoms with Crippen molar-refractivity contribution in [3.8, 4) is 10.6 Å². The summed E-state index contributed by atoms with van der Waals surface area (Å²) in [5, 5.41) is 5.42. The molecule has 0 spiro atoms. The molecule has 4 aromatic rings. The van der Waals surface area contributed by atoms with Gasteiger partial charge in [0, 0.05) is 17.8 Å². The van der Waals surface area contributed by atoms with E-state index in [9.17, 15) is 14.4 Å². The Balaban J connectivity index is 1.42. The van der Waals surface area contributed by atoms with E-state index in [1.54, 1.807) is 37.3 Å². The van der Waals surface area contributed by atoms with Gasteiger partial charge in [-0.2, -0.15) is 0 Å². The van der Waals surface area contributed by atoms with E-state index in [1.165, 1.54) is 16.2 Å². The summed E-state index contributed by atoms with van der Waals surface area (Å²) in [6.07, 6.45) is 0.146. The Labute approximate surface area is 200 Å². The number of benzene rings is 2. The molecule has 1 aliphatic rings. The van der Waals surface area contributed by atoms with Gasteiger partial charge in [-0.25, -0.2) is 9.78 Å². The van der Waals surface area contributed by atoms with Crippen molar-refractivity contribution >= 4 is 51.4 Å². The van der Waals surface area contributed by atoms with Crippen LogP contribution in [0.25, 0.3) is 21.5 Å². The second-order valence-corrected chi connectivity index (χ2v) is 8.96. The number of ether oxygens (including phenoxy) is 1. The molecule has 0 aliphatic carbocycles. The van der Waals surface area contributed by atoms with E-state index in [0.717, 1.165) is 4.88 Å². The molecule has 1 aliphatic heterocycles. The maximum atomic E-state index is 13.2. The van der Waals surface area contributed by atoms with Crippen molar-refractivity contribution in [2.75, 3.05) is 16.8 Å². The lowest BCUT2D eigenvalue weighted by molar-refractivity contribution is -0.122. The zero-order valence-corrected chi connectivity index (χ0v) is 19.2. The quantitative estimate of drug-likeness (QED) is 0.429. The molecular weight excluding hydrogens is 450 g/mol. The predicted octanol–water partition coefficient (Wildman–Crippen LogP) is 4.88. The van der Waals surface area contributed by atoms with Crippen LogP contribution in [-0.2, 0) is 14.3 Å². The number of carbonyl (C=O) groups excluding carboxylic acids is 3. The maximum absolute atomic E-state index is 13.2. The number of rotatable bonds is 4. The number of hydrogen-bond donors (Lipinski definition) is 1. The summed E-state index contributed by atoms with van der Waals surface area (Å²) in [5.74, 6) is -1.17. The third kappa shape index (κ3) is 4.15. The molecule has 2 aromatic heterocycles. The summed E-state index contributed by atoms with van der Waals surface area (Å²) in [6.45, 7) is 1.35. The van der Waals surface area contributed by atoms with Gasteiger partial charge < -0.3 is 15.0 Å². The van der Waals surface area contributed by atoms with Crippen LogP contribution < -0.4 is 10.2 Å². The second kappa shape index (κ2) is 9.07. The van der Waals surface area contributed by atoms with Gasteiger partial charge >= 0.3 is 5.97 Å². The molecule has 1 N–H and O–H groups in total. The van der Waals surface area contributed by atoms with Crippen LogP contribution in [0.4, 0.5) is 11.4 Å². The molecule has 5 rings (SSSR count). The van der Waals surface area contributed by atoms with Crippen molar-refractivity contribution in [1.29, 1.82) is 0 Å². The number of nitrogens with zero attached hydrogens (tertiary/aromatic N) is 2. The highest BCUT2D eigenvalue weighted by molar-refractivity contribution is 7.13. The van der Waals surface area contributed by atoms with E-state index >= 15 is 0 Å². The van der Waals surface area contributed by atoms with Crippen LogP contribution in [0.2, 0.25) is 0 Å². The number of fused-ring (bicyclic) bond motifs is 2. The molecular formula is C26H21N3O4S. The summed E-state index contributed by atoms with van der Waals surface area (Å²) >= 11 is 1.53. The average molecular weight is 472 g/mol. The average Bonchev–Trinajstić information content (AvgIpc) is 3.34. The molecule has 1 atom stereocenters. The van der Waals surface area contributed by atoms with E-state index in [4.69, 9.17) is 4.74 Å². The predicted molar refractivity (Wildman–Crippen MR) is 132 cm³/mol. The number of esters is 1. The Morgan fingerprint density at radius 3 is 2.74 bits per heavy atom. The molecule has 34 heavy (non-hydrogen) atoms. The molecule has 0 fully saturated rings. The fourth-order valence-electron chi connectivity index (χ4n) is 4.14. The SMILES string of the molecule is C[C@@H]1CC(=O)Nc2ccccc2N1C(=O)COC(=O)c1cc(-c2cccs2)nc2ccccc12. The molecule has 8 heteroatoms. The zero-order valence-electron chi connectivity index (χ0n) is 18.4. The van der Waals surface area contributed by atoms with Gasteiger partial charge in [0.25, 0.3) is 5.91 Å². The lowest BCUT2D eigenvalue weighted by atomic mass is 10.1. The van der Waals surface area contributed by atoms with Crippen LogP contribution in [0.1, 0.15) is 23.7 Å². The topological polar surface area (TPSA) is 88.6 Å². The van der Waals surface area contributed by atoms with Gasteiger partial charge in [0.15, 0.2) is 6.61 Å². The summed E-state index contributed by atoms with van der Waals surface area (Å²) in [6, 6.07) is 19.6. The first-order chi connectivity index (χ1) is 16.5. The van der Waals surface area contributed by atoms with Crippen LogP contribution in [0.3, 0.4) is 0 Å². The third-order valence-electron chi connectivity index (χ3n) is 5.66. The number of amides is 2. The van der Waals surface area contributed by atoms with E-state index in [2.05, 4.69) is 10.3 Å². The van der Waals surface area contributed by atoms with Gasteiger partial charge in [0.1, 0.15) is 0 Å². The second-order valence-electron chi connectivity index (χ2n) is 8.01. The Bertz CT molecular complexity index is 1400. The van der Waals surface area contributed by atoms with E-state index < -0.39 is 18.5 Å². The molecule has 170 valence electrons. The number of nitrogens with one attached hydrogen (secondary N) is 1. The van der Waals surface area contributed by atoms with Gasteiger partial charge in [0.2, 0.25) is 5.91 Å². The molecule has 0 radical (unpaired) electrons. The Hall–Kier alpha value is -4.04. The molecule has 0 saturated carbocycles. The van der Waals surface area contributed by atoms with Crippen LogP contribution in [-0.4, -0.2) is 35.4 Å². The van der Waals surface area contributed by atoms with E-state index in [0.29, 0.717) is 33.5 Å². The van der Waals surface area contributed by atoms with Crippen molar-refractivity contribution in [2.45, 2.75) is 19.4 Å². The Morgan fingerprint density at radius 2 is 1.91 bits per heavy atom. The van der Waals surface area contributed by atoms with Gasteiger partial charge in [-0.3, -0.25) is 9.59 Å². The summed E-state index contributed by atoms with van der Waals surface area (Å²) in [5.41, 5.74) is 2.83. The van der Waals surface area contributed by atoms with Crippen LogP contribution in [0.5, 0.6) is 0 Å². The lowest BCUT2D eigenvalue weighted by Crippen LogP contribution is -2.41. The standard InChI is InChI=1S/C26H21N3O4S/c1-16-13-24(30)28-20-9-4-5-10-22(20)29(16)25(31)15-33-26(32)18-14-21(23-11-6-12-34-23)27-19-8-3-2-7-17(18)19/h2-12,14,16H,13,15H2,1H3,(H,28,30)/t16-/m1/s1. The van der Waals surface area contributed by atoms with Crippen LogP contribution in [0.15, 0.2) is 72.1 Å². The number of pyridine rings is 1. The Morgan fingerprint density at radius 1 is 1.12 bits per heavy atom.